The van der Waals surface area contributed by atoms with Gasteiger partial charge in [-0.15, -0.1) is 0 Å². The van der Waals surface area contributed by atoms with Gasteiger partial charge in [-0.05, 0) is 0 Å². The van der Waals surface area contributed by atoms with Crippen molar-refractivity contribution in [1.29, 1.82) is 0 Å². The number of hydrogen-bond acceptors (Lipinski definition) is 1. The second-order valence-electron chi connectivity index (χ2n) is 0. The van der Waals surface area contributed by atoms with E-state index in [-0.39, 0.29) is 52.7 Å². The van der Waals surface area contributed by atoms with Crippen molar-refractivity contribution < 1.29 is 36.3 Å². The molecule has 0 amide bonds. The molecule has 0 fully saturated rings. The molecule has 1 nitrogen and oxygen atoms in total. The summed E-state index contributed by atoms with van der Waals surface area (Å²) in [5.74, 6) is 0. The monoisotopic (exact) mass is 167 g/mol. The summed E-state index contributed by atoms with van der Waals surface area (Å²) in [6.45, 7) is 0. The first kappa shape index (κ1) is 28.3. The standard InChI is InChI=1S/Al.Li.Mn.Ni.O.4H. The summed E-state index contributed by atoms with van der Waals surface area (Å²) in [5, 5.41) is 0. The van der Waals surface area contributed by atoms with E-state index < -0.39 is 0 Å². The fourth-order valence-corrected chi connectivity index (χ4v) is 0. The van der Waals surface area contributed by atoms with Crippen molar-refractivity contribution in [1.82, 2.24) is 0 Å². The third-order valence-electron chi connectivity index (χ3n) is 0. The molecule has 0 heterocycles. The molecule has 0 bridgehead atoms. The zero-order valence-electron chi connectivity index (χ0n) is 1.10. The van der Waals surface area contributed by atoms with Crippen LogP contribution in [0.5, 0.6) is 0 Å². The fraction of sp³-hybridized carbons (Fsp3) is 0. The Morgan fingerprint density at radius 2 is 1.20 bits per heavy atom. The van der Waals surface area contributed by atoms with E-state index in [4.69, 9.17) is 3.83 Å². The Hall–Kier alpha value is 1.94. The fourth-order valence-electron chi connectivity index (χ4n) is 0. The summed E-state index contributed by atoms with van der Waals surface area (Å²) in [4.78, 5) is 0. The van der Waals surface area contributed by atoms with Gasteiger partial charge >= 0.3 is 38.6 Å². The summed E-state index contributed by atoms with van der Waals surface area (Å²) in [6.07, 6.45) is 0. The minimum atomic E-state index is 0. The molecular formula is H4AlLiMnNiO. The van der Waals surface area contributed by atoms with Gasteiger partial charge in [0.2, 0.25) is 0 Å². The predicted molar refractivity (Wildman–Crippen MR) is 17.8 cm³/mol. The molecular weight excluding hydrogens is 164 g/mol. The van der Waals surface area contributed by atoms with Crippen LogP contribution in [0, 0.1) is 0 Å². The molecule has 0 aromatic rings. The van der Waals surface area contributed by atoms with E-state index in [0.29, 0.717) is 0 Å². The van der Waals surface area contributed by atoms with E-state index in [9.17, 15) is 0 Å². The van der Waals surface area contributed by atoms with Gasteiger partial charge in [-0.2, -0.15) is 0 Å². The van der Waals surface area contributed by atoms with Crippen LogP contribution in [0.1, 0.15) is 0 Å². The second kappa shape index (κ2) is 38.5. The average molecular weight is 168 g/mol. The van der Waals surface area contributed by atoms with Crippen molar-refractivity contribution in [3.63, 3.8) is 0 Å². The molecule has 5 heteroatoms. The molecule has 0 N–H and O–H groups in total. The van der Waals surface area contributed by atoms with Gasteiger partial charge in [0.05, 0.1) is 0 Å². The van der Waals surface area contributed by atoms with Crippen molar-refractivity contribution >= 4 is 36.2 Å². The maximum atomic E-state index is 8.06. The minimum absolute atomic E-state index is 0. The molecule has 0 atom stereocenters. The van der Waals surface area contributed by atoms with Crippen LogP contribution in [0.15, 0.2) is 0 Å². The Morgan fingerprint density at radius 3 is 1.20 bits per heavy atom. The molecule has 5 heavy (non-hydrogen) atoms. The molecule has 0 spiro atoms. The van der Waals surface area contributed by atoms with Crippen molar-refractivity contribution in [2.75, 3.05) is 0 Å². The van der Waals surface area contributed by atoms with E-state index in [1.807, 2.05) is 0 Å². The van der Waals surface area contributed by atoms with Crippen LogP contribution in [0.2, 0.25) is 0 Å². The molecule has 0 rings (SSSR count). The Morgan fingerprint density at radius 1 is 1.20 bits per heavy atom. The van der Waals surface area contributed by atoms with Crippen LogP contribution < -0.4 is 0 Å². The van der Waals surface area contributed by atoms with Gasteiger partial charge in [0.25, 0.3) is 0 Å². The van der Waals surface area contributed by atoms with Crippen molar-refractivity contribution in [2.45, 2.75) is 0 Å². The third-order valence-corrected chi connectivity index (χ3v) is 0. The maximum absolute atomic E-state index is 8.06. The topological polar surface area (TPSA) is 17.1 Å². The van der Waals surface area contributed by atoms with E-state index >= 15 is 0 Å². The summed E-state index contributed by atoms with van der Waals surface area (Å²) < 4.78 is 8.06. The summed E-state index contributed by atoms with van der Waals surface area (Å²) >= 11 is 1.69. The SMILES string of the molecule is [AlH3].[LiH].[Ni].[O]=[Mn]. The molecule has 0 aliphatic heterocycles. The molecule has 0 aliphatic rings. The van der Waals surface area contributed by atoms with Crippen LogP contribution in [-0.4, -0.2) is 36.2 Å². The summed E-state index contributed by atoms with van der Waals surface area (Å²) in [7, 11) is 0. The third kappa shape index (κ3) is 24.5. The van der Waals surface area contributed by atoms with Gasteiger partial charge < -0.3 is 0 Å². The van der Waals surface area contributed by atoms with Crippen molar-refractivity contribution in [2.24, 2.45) is 0 Å². The van der Waals surface area contributed by atoms with Gasteiger partial charge in [0.1, 0.15) is 0 Å². The van der Waals surface area contributed by atoms with Crippen LogP contribution in [0.3, 0.4) is 0 Å². The normalized spacial score (nSPS) is 0.800. The van der Waals surface area contributed by atoms with Crippen LogP contribution in [0.4, 0.5) is 0 Å². The van der Waals surface area contributed by atoms with E-state index in [1.165, 1.54) is 0 Å². The second-order valence-corrected chi connectivity index (χ2v) is 0. The predicted octanol–water partition coefficient (Wildman–Crippen LogP) is -1.96. The molecule has 0 radical (unpaired) electrons. The van der Waals surface area contributed by atoms with E-state index in [1.54, 1.807) is 15.9 Å². The molecule has 0 aromatic heterocycles. The first-order chi connectivity index (χ1) is 1.00. The van der Waals surface area contributed by atoms with Crippen LogP contribution in [0.25, 0.3) is 0 Å². The van der Waals surface area contributed by atoms with Gasteiger partial charge in [0.15, 0.2) is 17.4 Å². The first-order valence-electron chi connectivity index (χ1n) is 0.154. The average Bonchev–Trinajstić information content (AvgIpc) is 1.00. The number of rotatable bonds is 0. The Balaban J connectivity index is -0.00000000167. The molecule has 31 valence electrons. The van der Waals surface area contributed by atoms with Crippen LogP contribution in [-0.2, 0) is 36.3 Å². The number of hydrogen-bond donors (Lipinski definition) is 0. The molecule has 0 aromatic carbocycles. The van der Waals surface area contributed by atoms with Crippen molar-refractivity contribution in [3.8, 4) is 0 Å². The Labute approximate surface area is 71.9 Å². The molecule has 0 aliphatic carbocycles. The molecule has 0 unspecified atom stereocenters. The van der Waals surface area contributed by atoms with Gasteiger partial charge in [0, 0.05) is 16.5 Å². The quantitative estimate of drug-likeness (QED) is 0.383. The van der Waals surface area contributed by atoms with E-state index in [2.05, 4.69) is 0 Å². The molecule has 0 saturated heterocycles. The summed E-state index contributed by atoms with van der Waals surface area (Å²) in [6, 6.07) is 0. The molecule has 0 saturated carbocycles. The first-order valence-corrected chi connectivity index (χ1v) is 0.636. The van der Waals surface area contributed by atoms with Gasteiger partial charge in [-0.1, -0.05) is 0 Å². The van der Waals surface area contributed by atoms with Gasteiger partial charge in [-0.3, -0.25) is 0 Å². The van der Waals surface area contributed by atoms with Gasteiger partial charge in [-0.25, -0.2) is 0 Å². The summed E-state index contributed by atoms with van der Waals surface area (Å²) in [5.41, 5.74) is 0. The van der Waals surface area contributed by atoms with Crippen molar-refractivity contribution in [3.05, 3.63) is 0 Å². The zero-order valence-corrected chi connectivity index (χ0v) is 3.27. The Bertz CT molecular complexity index is 11.6. The Kier molecular flexibility index (Phi) is 218. The van der Waals surface area contributed by atoms with Crippen LogP contribution >= 0.6 is 0 Å². The van der Waals surface area contributed by atoms with E-state index in [0.717, 1.165) is 0 Å². The zero-order chi connectivity index (χ0) is 2.00.